The van der Waals surface area contributed by atoms with E-state index in [-0.39, 0.29) is 16.5 Å². The van der Waals surface area contributed by atoms with Gasteiger partial charge in [0.2, 0.25) is 12.7 Å². The molecule has 0 aromatic carbocycles. The van der Waals surface area contributed by atoms with E-state index < -0.39 is 24.8 Å². The Kier molecular flexibility index (Phi) is 7.41. The molecule has 33 heavy (non-hydrogen) atoms. The van der Waals surface area contributed by atoms with Crippen LogP contribution in [0.3, 0.4) is 0 Å². The summed E-state index contributed by atoms with van der Waals surface area (Å²) in [5, 5.41) is 0.985. The first-order valence-electron chi connectivity index (χ1n) is 11.4. The molecule has 1 fully saturated rings. The van der Waals surface area contributed by atoms with Crippen molar-refractivity contribution in [2.45, 2.75) is 63.8 Å². The maximum absolute atomic E-state index is 12.8. The molecule has 0 saturated carbocycles. The third kappa shape index (κ3) is 6.02. The van der Waals surface area contributed by atoms with Crippen LogP contribution in [0.25, 0.3) is 10.9 Å². The number of hydrogen-bond donors (Lipinski definition) is 2. The third-order valence-electron chi connectivity index (χ3n) is 7.05. The Morgan fingerprint density at radius 2 is 1.79 bits per heavy atom. The van der Waals surface area contributed by atoms with Crippen molar-refractivity contribution in [2.75, 3.05) is 36.9 Å². The van der Waals surface area contributed by atoms with Gasteiger partial charge in [0.25, 0.3) is 0 Å². The van der Waals surface area contributed by atoms with E-state index in [9.17, 15) is 4.39 Å². The molecule has 7 nitrogen and oxygen atoms in total. The van der Waals surface area contributed by atoms with Gasteiger partial charge in [-0.3, -0.25) is 14.5 Å². The highest BCUT2D eigenvalue weighted by atomic mass is 32.2. The molecule has 0 unspecified atom stereocenters. The molecule has 2 aromatic rings. The fourth-order valence-corrected chi connectivity index (χ4v) is 6.59. The fourth-order valence-electron chi connectivity index (χ4n) is 4.11. The lowest BCUT2D eigenvalue weighted by molar-refractivity contribution is 0.0259. The molecular formula is C23H38FN5O2SSi. The van der Waals surface area contributed by atoms with Crippen molar-refractivity contribution >= 4 is 34.5 Å². The van der Waals surface area contributed by atoms with Crippen molar-refractivity contribution in [3.8, 4) is 5.88 Å². The maximum Gasteiger partial charge on any atom is 0.242 e. The quantitative estimate of drug-likeness (QED) is 0.438. The molecule has 10 heteroatoms. The van der Waals surface area contributed by atoms with Gasteiger partial charge in [0.1, 0.15) is 5.52 Å². The Morgan fingerprint density at radius 1 is 1.15 bits per heavy atom. The minimum atomic E-state index is -2.10. The largest absolute Gasteiger partial charge is 0.444 e. The zero-order valence-electron chi connectivity index (χ0n) is 20.7. The number of nitrogens with zero attached hydrogens (tertiary/aromatic N) is 3. The van der Waals surface area contributed by atoms with E-state index in [2.05, 4.69) is 48.7 Å². The van der Waals surface area contributed by atoms with Crippen LogP contribution in [-0.2, 0) is 14.0 Å². The lowest BCUT2D eigenvalue weighted by Crippen LogP contribution is -2.55. The van der Waals surface area contributed by atoms with Crippen LogP contribution >= 0.6 is 0 Å². The molecule has 0 radical (unpaired) electrons. The SMILES string of the molecule is CC(C)(C)[Si](C)(C)OC1(CCS(C)(=N)=N)CCN(c2ccnc3c(OCF)nccc23)CC1. The average Bonchev–Trinajstić information content (AvgIpc) is 2.72. The van der Waals surface area contributed by atoms with Crippen LogP contribution in [0.2, 0.25) is 18.1 Å². The molecule has 0 atom stereocenters. The van der Waals surface area contributed by atoms with E-state index in [1.807, 2.05) is 12.1 Å². The molecule has 184 valence electrons. The number of aromatic nitrogens is 2. The lowest BCUT2D eigenvalue weighted by atomic mass is 9.88. The van der Waals surface area contributed by atoms with Crippen LogP contribution < -0.4 is 9.64 Å². The van der Waals surface area contributed by atoms with E-state index in [1.54, 1.807) is 18.6 Å². The number of alkyl halides is 1. The van der Waals surface area contributed by atoms with Gasteiger partial charge in [0.05, 0.1) is 5.60 Å². The van der Waals surface area contributed by atoms with Gasteiger partial charge in [-0.25, -0.2) is 9.37 Å². The van der Waals surface area contributed by atoms with Crippen LogP contribution in [0.1, 0.15) is 40.0 Å². The number of pyridine rings is 2. The van der Waals surface area contributed by atoms with Crippen molar-refractivity contribution in [1.29, 1.82) is 9.56 Å². The third-order valence-corrected chi connectivity index (χ3v) is 12.6. The average molecular weight is 496 g/mol. The summed E-state index contributed by atoms with van der Waals surface area (Å²) < 4.78 is 41.2. The summed E-state index contributed by atoms with van der Waals surface area (Å²) >= 11 is 0. The van der Waals surface area contributed by atoms with Gasteiger partial charge in [-0.2, -0.15) is 0 Å². The van der Waals surface area contributed by atoms with Crippen molar-refractivity contribution in [2.24, 2.45) is 0 Å². The normalized spacial score (nSPS) is 17.4. The maximum atomic E-state index is 12.8. The number of nitrogens with one attached hydrogen (secondary N) is 2. The van der Waals surface area contributed by atoms with E-state index in [0.717, 1.165) is 43.4 Å². The molecule has 1 saturated heterocycles. The van der Waals surface area contributed by atoms with Crippen LogP contribution in [0.4, 0.5) is 10.1 Å². The highest BCUT2D eigenvalue weighted by molar-refractivity contribution is 7.92. The second-order valence-electron chi connectivity index (χ2n) is 10.7. The highest BCUT2D eigenvalue weighted by Crippen LogP contribution is 2.44. The smallest absolute Gasteiger partial charge is 0.242 e. The predicted octanol–water partition coefficient (Wildman–Crippen LogP) is 6.00. The van der Waals surface area contributed by atoms with Crippen molar-refractivity contribution < 1.29 is 13.6 Å². The molecule has 0 bridgehead atoms. The number of rotatable bonds is 8. The zero-order chi connectivity index (χ0) is 24.5. The first-order chi connectivity index (χ1) is 15.3. The molecule has 0 aliphatic carbocycles. The van der Waals surface area contributed by atoms with Crippen molar-refractivity contribution in [3.05, 3.63) is 24.5 Å². The first-order valence-corrected chi connectivity index (χ1v) is 16.5. The number of hydrogen-bond acceptors (Lipinski definition) is 7. The summed E-state index contributed by atoms with van der Waals surface area (Å²) in [4.78, 5) is 10.8. The van der Waals surface area contributed by atoms with E-state index in [0.29, 0.717) is 11.3 Å². The second-order valence-corrected chi connectivity index (χ2v) is 18.0. The minimum Gasteiger partial charge on any atom is -0.444 e. The number of halogens is 1. The number of anilines is 1. The van der Waals surface area contributed by atoms with Gasteiger partial charge in [-0.05, 0) is 49.5 Å². The number of ether oxygens (including phenoxy) is 1. The standard InChI is InChI=1S/C23H38FN5O2SSi/c1-22(2,3)33(5,6)31-23(11-16-32(4,25)26)9-14-29(15-10-23)19-8-13-27-20-18(19)7-12-28-21(20)30-17-24/h7-8,12-13,25-26H,9-11,14-17H2,1-6H3. The minimum absolute atomic E-state index is 0.0936. The van der Waals surface area contributed by atoms with Gasteiger partial charge in [-0.1, -0.05) is 30.4 Å². The molecule has 2 aromatic heterocycles. The highest BCUT2D eigenvalue weighted by Gasteiger charge is 2.46. The fraction of sp³-hybridized carbons (Fsp3) is 0.652. The van der Waals surface area contributed by atoms with E-state index in [4.69, 9.17) is 18.7 Å². The van der Waals surface area contributed by atoms with Crippen LogP contribution in [0.15, 0.2) is 24.5 Å². The Morgan fingerprint density at radius 3 is 2.36 bits per heavy atom. The van der Waals surface area contributed by atoms with Crippen LogP contribution in [0.5, 0.6) is 5.88 Å². The van der Waals surface area contributed by atoms with E-state index >= 15 is 0 Å². The molecule has 3 heterocycles. The summed E-state index contributed by atoms with van der Waals surface area (Å²) in [6, 6.07) is 3.88. The predicted molar refractivity (Wildman–Crippen MR) is 137 cm³/mol. The first kappa shape index (κ1) is 25.8. The number of piperidine rings is 1. The van der Waals surface area contributed by atoms with Crippen LogP contribution in [-0.4, -0.2) is 55.8 Å². The molecule has 2 N–H and O–H groups in total. The molecule has 0 spiro atoms. The molecular weight excluding hydrogens is 457 g/mol. The molecule has 1 aliphatic heterocycles. The Bertz CT molecular complexity index is 1080. The summed E-state index contributed by atoms with van der Waals surface area (Å²) in [6.07, 6.45) is 7.51. The molecule has 1 aliphatic rings. The number of fused-ring (bicyclic) bond motifs is 1. The molecule has 0 amide bonds. The van der Waals surface area contributed by atoms with Gasteiger partial charge < -0.3 is 14.1 Å². The Balaban J connectivity index is 1.88. The van der Waals surface area contributed by atoms with Crippen LogP contribution in [0, 0.1) is 9.56 Å². The summed E-state index contributed by atoms with van der Waals surface area (Å²) in [5.74, 6) is 0.771. The van der Waals surface area contributed by atoms with Gasteiger partial charge in [0.15, 0.2) is 8.32 Å². The monoisotopic (exact) mass is 495 g/mol. The van der Waals surface area contributed by atoms with Gasteiger partial charge >= 0.3 is 0 Å². The second kappa shape index (κ2) is 9.46. The van der Waals surface area contributed by atoms with Gasteiger partial charge in [-0.15, -0.1) is 0 Å². The summed E-state index contributed by atoms with van der Waals surface area (Å²) in [5.41, 5.74) is 1.29. The van der Waals surface area contributed by atoms with Gasteiger partial charge in [0, 0.05) is 48.6 Å². The van der Waals surface area contributed by atoms with Crippen molar-refractivity contribution in [3.63, 3.8) is 0 Å². The Hall–Kier alpha value is -1.78. The topological polar surface area (TPSA) is 95.2 Å². The molecule has 3 rings (SSSR count). The summed E-state index contributed by atoms with van der Waals surface area (Å²) in [7, 11) is -4.12. The van der Waals surface area contributed by atoms with E-state index in [1.165, 1.54) is 0 Å². The Labute approximate surface area is 198 Å². The summed E-state index contributed by atoms with van der Waals surface area (Å²) in [6.45, 7) is 12.0. The zero-order valence-corrected chi connectivity index (χ0v) is 22.5. The lowest BCUT2D eigenvalue weighted by Gasteiger charge is -2.50. The van der Waals surface area contributed by atoms with Crippen molar-refractivity contribution in [1.82, 2.24) is 9.97 Å².